The Labute approximate surface area is 121 Å². The average Bonchev–Trinajstić information content (AvgIpc) is 2.70. The second-order valence-electron chi connectivity index (χ2n) is 4.09. The smallest absolute Gasteiger partial charge is 0.229 e. The van der Waals surface area contributed by atoms with Crippen molar-refractivity contribution in [3.05, 3.63) is 46.1 Å². The van der Waals surface area contributed by atoms with Crippen LogP contribution in [-0.2, 0) is 10.0 Å². The number of rotatable bonds is 4. The molecule has 1 aromatic heterocycles. The first-order chi connectivity index (χ1) is 8.90. The van der Waals surface area contributed by atoms with E-state index in [1.54, 1.807) is 13.8 Å². The molecule has 2 rings (SSSR count). The van der Waals surface area contributed by atoms with Crippen molar-refractivity contribution in [2.75, 3.05) is 0 Å². The molecule has 1 aromatic carbocycles. The predicted molar refractivity (Wildman–Crippen MR) is 77.0 cm³/mol. The SMILES string of the molecule is Cc1nc(Cl)sc1S(=O)(=O)NC(C)c1ccccc1. The van der Waals surface area contributed by atoms with Crippen LogP contribution in [0.1, 0.15) is 24.2 Å². The Kier molecular flexibility index (Phi) is 4.25. The van der Waals surface area contributed by atoms with Gasteiger partial charge in [0, 0.05) is 6.04 Å². The highest BCUT2D eigenvalue weighted by molar-refractivity contribution is 7.91. The highest BCUT2D eigenvalue weighted by Crippen LogP contribution is 2.27. The highest BCUT2D eigenvalue weighted by atomic mass is 35.5. The molecule has 0 saturated heterocycles. The van der Waals surface area contributed by atoms with E-state index in [0.29, 0.717) is 5.69 Å². The van der Waals surface area contributed by atoms with E-state index in [1.165, 1.54) is 0 Å². The lowest BCUT2D eigenvalue weighted by molar-refractivity contribution is 0.568. The van der Waals surface area contributed by atoms with Gasteiger partial charge in [0.1, 0.15) is 0 Å². The summed E-state index contributed by atoms with van der Waals surface area (Å²) in [5.74, 6) is 0. The molecule has 7 heteroatoms. The summed E-state index contributed by atoms with van der Waals surface area (Å²) in [7, 11) is -3.60. The van der Waals surface area contributed by atoms with E-state index in [4.69, 9.17) is 11.6 Å². The fourth-order valence-corrected chi connectivity index (χ4v) is 4.68. The first-order valence-electron chi connectivity index (χ1n) is 5.60. The average molecular weight is 317 g/mol. The molecule has 1 heterocycles. The topological polar surface area (TPSA) is 59.1 Å². The van der Waals surface area contributed by atoms with Crippen LogP contribution in [0.15, 0.2) is 34.5 Å². The Bertz CT molecular complexity index is 668. The molecule has 1 unspecified atom stereocenters. The molecule has 1 atom stereocenters. The Hall–Kier alpha value is -0.950. The van der Waals surface area contributed by atoms with Gasteiger partial charge in [-0.3, -0.25) is 0 Å². The van der Waals surface area contributed by atoms with E-state index in [1.807, 2.05) is 30.3 Å². The van der Waals surface area contributed by atoms with Crippen molar-refractivity contribution < 1.29 is 8.42 Å². The van der Waals surface area contributed by atoms with Gasteiger partial charge in [-0.05, 0) is 19.4 Å². The van der Waals surface area contributed by atoms with Crippen LogP contribution < -0.4 is 4.72 Å². The molecule has 19 heavy (non-hydrogen) atoms. The number of nitrogens with zero attached hydrogens (tertiary/aromatic N) is 1. The van der Waals surface area contributed by atoms with E-state index < -0.39 is 10.0 Å². The third-order valence-electron chi connectivity index (χ3n) is 2.60. The van der Waals surface area contributed by atoms with Gasteiger partial charge >= 0.3 is 0 Å². The molecule has 2 aromatic rings. The molecule has 0 radical (unpaired) electrons. The van der Waals surface area contributed by atoms with Crippen LogP contribution >= 0.6 is 22.9 Å². The molecule has 0 aliphatic carbocycles. The number of halogens is 1. The van der Waals surface area contributed by atoms with Gasteiger partial charge in [-0.1, -0.05) is 53.3 Å². The standard InChI is InChI=1S/C12H13ClN2O2S2/c1-8(10-6-4-3-5-7-10)15-19(16,17)11-9(2)14-12(13)18-11/h3-8,15H,1-2H3. The van der Waals surface area contributed by atoms with Crippen LogP contribution in [0.5, 0.6) is 0 Å². The second-order valence-corrected chi connectivity index (χ2v) is 7.58. The number of hydrogen-bond acceptors (Lipinski definition) is 4. The molecule has 0 saturated carbocycles. The first-order valence-corrected chi connectivity index (χ1v) is 8.28. The maximum absolute atomic E-state index is 12.3. The molecule has 0 spiro atoms. The zero-order valence-corrected chi connectivity index (χ0v) is 12.8. The summed E-state index contributed by atoms with van der Waals surface area (Å²) >= 11 is 6.70. The third-order valence-corrected chi connectivity index (χ3v) is 6.02. The zero-order chi connectivity index (χ0) is 14.0. The van der Waals surface area contributed by atoms with E-state index >= 15 is 0 Å². The Morgan fingerprint density at radius 1 is 1.32 bits per heavy atom. The van der Waals surface area contributed by atoms with Crippen molar-refractivity contribution >= 4 is 33.0 Å². The summed E-state index contributed by atoms with van der Waals surface area (Å²) in [5, 5.41) is 0. The lowest BCUT2D eigenvalue weighted by atomic mass is 10.1. The molecule has 4 nitrogen and oxygen atoms in total. The fraction of sp³-hybridized carbons (Fsp3) is 0.250. The van der Waals surface area contributed by atoms with Crippen LogP contribution in [-0.4, -0.2) is 13.4 Å². The maximum Gasteiger partial charge on any atom is 0.252 e. The second kappa shape index (κ2) is 5.58. The molecule has 102 valence electrons. The molecule has 1 N–H and O–H groups in total. The lowest BCUT2D eigenvalue weighted by Gasteiger charge is -2.13. The highest BCUT2D eigenvalue weighted by Gasteiger charge is 2.23. The minimum absolute atomic E-state index is 0.167. The van der Waals surface area contributed by atoms with Crippen LogP contribution in [0.2, 0.25) is 4.47 Å². The zero-order valence-electron chi connectivity index (χ0n) is 10.4. The summed E-state index contributed by atoms with van der Waals surface area (Å²) in [6, 6.07) is 9.06. The van der Waals surface area contributed by atoms with Crippen molar-refractivity contribution in [2.45, 2.75) is 24.1 Å². The number of aromatic nitrogens is 1. The number of benzene rings is 1. The molecule has 0 amide bonds. The van der Waals surface area contributed by atoms with Gasteiger partial charge in [0.25, 0.3) is 10.0 Å². The van der Waals surface area contributed by atoms with E-state index in [0.717, 1.165) is 16.9 Å². The summed E-state index contributed by atoms with van der Waals surface area (Å²) in [6.07, 6.45) is 0. The number of sulfonamides is 1. The van der Waals surface area contributed by atoms with Gasteiger partial charge in [-0.15, -0.1) is 0 Å². The van der Waals surface area contributed by atoms with Crippen LogP contribution in [0.4, 0.5) is 0 Å². The van der Waals surface area contributed by atoms with Crippen LogP contribution in [0, 0.1) is 6.92 Å². The number of aryl methyl sites for hydroxylation is 1. The van der Waals surface area contributed by atoms with Gasteiger partial charge in [-0.2, -0.15) is 0 Å². The summed E-state index contributed by atoms with van der Waals surface area (Å²) < 4.78 is 27.5. The number of thiazole rings is 1. The van der Waals surface area contributed by atoms with Crippen LogP contribution in [0.3, 0.4) is 0 Å². The Balaban J connectivity index is 2.25. The summed E-state index contributed by atoms with van der Waals surface area (Å²) in [6.45, 7) is 3.43. The third kappa shape index (κ3) is 3.33. The molecule has 0 bridgehead atoms. The van der Waals surface area contributed by atoms with E-state index in [-0.39, 0.29) is 14.7 Å². The number of hydrogen-bond donors (Lipinski definition) is 1. The quantitative estimate of drug-likeness (QED) is 0.942. The minimum Gasteiger partial charge on any atom is -0.229 e. The summed E-state index contributed by atoms with van der Waals surface area (Å²) in [5.41, 5.74) is 1.32. The van der Waals surface area contributed by atoms with Gasteiger partial charge in [-0.25, -0.2) is 18.1 Å². The van der Waals surface area contributed by atoms with Gasteiger partial charge in [0.2, 0.25) is 0 Å². The maximum atomic E-state index is 12.3. The van der Waals surface area contributed by atoms with Gasteiger partial charge < -0.3 is 0 Å². The van der Waals surface area contributed by atoms with Crippen molar-refractivity contribution in [3.8, 4) is 0 Å². The van der Waals surface area contributed by atoms with Crippen molar-refractivity contribution in [1.29, 1.82) is 0 Å². The van der Waals surface area contributed by atoms with E-state index in [2.05, 4.69) is 9.71 Å². The Morgan fingerprint density at radius 3 is 2.47 bits per heavy atom. The molecular weight excluding hydrogens is 304 g/mol. The van der Waals surface area contributed by atoms with E-state index in [9.17, 15) is 8.42 Å². The Morgan fingerprint density at radius 2 is 1.95 bits per heavy atom. The van der Waals surface area contributed by atoms with Crippen molar-refractivity contribution in [3.63, 3.8) is 0 Å². The first kappa shape index (κ1) is 14.5. The molecule has 0 fully saturated rings. The lowest BCUT2D eigenvalue weighted by Crippen LogP contribution is -2.26. The molecule has 0 aliphatic heterocycles. The normalized spacial score (nSPS) is 13.4. The van der Waals surface area contributed by atoms with Crippen molar-refractivity contribution in [2.24, 2.45) is 0 Å². The minimum atomic E-state index is -3.60. The molecular formula is C12H13ClN2O2S2. The largest absolute Gasteiger partial charge is 0.252 e. The van der Waals surface area contributed by atoms with Crippen molar-refractivity contribution in [1.82, 2.24) is 9.71 Å². The van der Waals surface area contributed by atoms with Crippen LogP contribution in [0.25, 0.3) is 0 Å². The molecule has 0 aliphatic rings. The number of nitrogens with one attached hydrogen (secondary N) is 1. The fourth-order valence-electron chi connectivity index (χ4n) is 1.70. The van der Waals surface area contributed by atoms with Gasteiger partial charge in [0.05, 0.1) is 5.69 Å². The summed E-state index contributed by atoms with van der Waals surface area (Å²) in [4.78, 5) is 3.92. The van der Waals surface area contributed by atoms with Gasteiger partial charge in [0.15, 0.2) is 8.68 Å². The monoisotopic (exact) mass is 316 g/mol. The predicted octanol–water partition coefficient (Wildman–Crippen LogP) is 3.14.